The molecule has 2 unspecified atom stereocenters. The van der Waals surface area contributed by atoms with E-state index < -0.39 is 0 Å². The molecule has 2 atom stereocenters. The molecule has 1 saturated heterocycles. The van der Waals surface area contributed by atoms with Gasteiger partial charge in [0.25, 0.3) is 0 Å². The number of carbonyl (C=O) groups is 3. The van der Waals surface area contributed by atoms with Crippen molar-refractivity contribution in [1.82, 2.24) is 10.2 Å². The van der Waals surface area contributed by atoms with E-state index >= 15 is 0 Å². The number of amides is 3. The minimum Gasteiger partial charge on any atom is -0.391 e. The van der Waals surface area contributed by atoms with Crippen LogP contribution in [0.15, 0.2) is 48.5 Å². The smallest absolute Gasteiger partial charge is 0.232 e. The van der Waals surface area contributed by atoms with E-state index in [0.717, 1.165) is 64.5 Å². The zero-order valence-electron chi connectivity index (χ0n) is 34.2. The van der Waals surface area contributed by atoms with Crippen LogP contribution in [-0.2, 0) is 25.5 Å². The fourth-order valence-corrected chi connectivity index (χ4v) is 3.88. The number of hydrogen-bond donors (Lipinski definition) is 2. The molecular weight excluding hydrogens is 649 g/mol. The normalized spacial score (nSPS) is 12.9. The summed E-state index contributed by atoms with van der Waals surface area (Å²) in [5, 5.41) is 11.7. The molecule has 52 heavy (non-hydrogen) atoms. The molecular formula is C45H84N2O5. The molecule has 7 nitrogen and oxygen atoms in total. The molecule has 1 aliphatic rings. The SMILES string of the molecule is C.C.CCC.CCCCN1C(=O)CC(C)C1=O.CCCCNC(C)=O.CCCCOCC(O)CC.CCc1ccc(C)cc1.Cc1ccc(C)cc1. The maximum atomic E-state index is 11.3. The van der Waals surface area contributed by atoms with Gasteiger partial charge in [0.2, 0.25) is 17.7 Å². The van der Waals surface area contributed by atoms with Crippen LogP contribution in [0.5, 0.6) is 0 Å². The molecule has 2 N–H and O–H groups in total. The lowest BCUT2D eigenvalue weighted by molar-refractivity contribution is -0.139. The van der Waals surface area contributed by atoms with Crippen molar-refractivity contribution in [3.8, 4) is 0 Å². The Morgan fingerprint density at radius 1 is 0.808 bits per heavy atom. The van der Waals surface area contributed by atoms with Crippen LogP contribution in [0.3, 0.4) is 0 Å². The second kappa shape index (κ2) is 40.7. The Labute approximate surface area is 322 Å². The molecule has 1 heterocycles. The third-order valence-electron chi connectivity index (χ3n) is 7.28. The highest BCUT2D eigenvalue weighted by Crippen LogP contribution is 2.18. The van der Waals surface area contributed by atoms with Gasteiger partial charge >= 0.3 is 0 Å². The first-order valence-corrected chi connectivity index (χ1v) is 19.2. The van der Waals surface area contributed by atoms with Gasteiger partial charge in [-0.05, 0) is 58.4 Å². The van der Waals surface area contributed by atoms with Crippen molar-refractivity contribution >= 4 is 17.7 Å². The minimum absolute atomic E-state index is 0. The number of nitrogens with zero attached hydrogens (tertiary/aromatic N) is 1. The number of ether oxygens (including phenoxy) is 1. The number of nitrogens with one attached hydrogen (secondary N) is 1. The Morgan fingerprint density at radius 2 is 1.25 bits per heavy atom. The van der Waals surface area contributed by atoms with E-state index in [4.69, 9.17) is 9.84 Å². The van der Waals surface area contributed by atoms with Crippen molar-refractivity contribution in [1.29, 1.82) is 0 Å². The van der Waals surface area contributed by atoms with Crippen molar-refractivity contribution < 1.29 is 24.2 Å². The van der Waals surface area contributed by atoms with Crippen LogP contribution in [0.25, 0.3) is 0 Å². The van der Waals surface area contributed by atoms with E-state index in [1.807, 2.05) is 13.8 Å². The van der Waals surface area contributed by atoms with Gasteiger partial charge in [-0.15, -0.1) is 0 Å². The van der Waals surface area contributed by atoms with Crippen molar-refractivity contribution in [2.75, 3.05) is 26.3 Å². The molecule has 3 rings (SSSR count). The van der Waals surface area contributed by atoms with E-state index in [0.29, 0.717) is 19.6 Å². The summed E-state index contributed by atoms with van der Waals surface area (Å²) in [5.74, 6) is -0.0118. The number of unbranched alkanes of at least 4 members (excludes halogenated alkanes) is 3. The summed E-state index contributed by atoms with van der Waals surface area (Å²) in [6, 6.07) is 17.1. The number of aryl methyl sites for hydroxylation is 4. The molecule has 7 heteroatoms. The quantitative estimate of drug-likeness (QED) is 0.158. The number of likely N-dealkylation sites (tertiary alicyclic amines) is 1. The summed E-state index contributed by atoms with van der Waals surface area (Å²) in [5.41, 5.74) is 5.42. The zero-order chi connectivity index (χ0) is 38.7. The lowest BCUT2D eigenvalue weighted by Crippen LogP contribution is -2.31. The van der Waals surface area contributed by atoms with Gasteiger partial charge in [-0.3, -0.25) is 19.3 Å². The highest BCUT2D eigenvalue weighted by molar-refractivity contribution is 6.03. The van der Waals surface area contributed by atoms with Gasteiger partial charge in [-0.25, -0.2) is 0 Å². The number of hydrogen-bond acceptors (Lipinski definition) is 5. The van der Waals surface area contributed by atoms with Crippen LogP contribution in [-0.4, -0.2) is 60.1 Å². The lowest BCUT2D eigenvalue weighted by Gasteiger charge is -2.12. The van der Waals surface area contributed by atoms with E-state index in [9.17, 15) is 14.4 Å². The van der Waals surface area contributed by atoms with Crippen LogP contribution in [0.1, 0.15) is 157 Å². The van der Waals surface area contributed by atoms with Crippen LogP contribution in [0.2, 0.25) is 0 Å². The fourth-order valence-electron chi connectivity index (χ4n) is 3.88. The number of aliphatic hydroxyl groups is 1. The molecule has 0 spiro atoms. The summed E-state index contributed by atoms with van der Waals surface area (Å²) in [6.07, 6.45) is 9.72. The Hall–Kier alpha value is -3.03. The Morgan fingerprint density at radius 3 is 1.60 bits per heavy atom. The third-order valence-corrected chi connectivity index (χ3v) is 7.28. The Bertz CT molecular complexity index is 1050. The maximum absolute atomic E-state index is 11.3. The van der Waals surface area contributed by atoms with Crippen LogP contribution < -0.4 is 5.32 Å². The number of aliphatic hydroxyl groups excluding tert-OH is 1. The average molecular weight is 733 g/mol. The summed E-state index contributed by atoms with van der Waals surface area (Å²) in [7, 11) is 0. The summed E-state index contributed by atoms with van der Waals surface area (Å²) >= 11 is 0. The van der Waals surface area contributed by atoms with Crippen LogP contribution >= 0.6 is 0 Å². The standard InChI is InChI=1S/C9H15NO2.C9H12.C8H18O2.C8H10.C6H13NO.C3H8.2CH4/c1-3-4-5-10-8(11)6-7(2)9(10)12;1-3-9-6-4-8(2)5-7-9;1-3-5-6-10-7-8(9)4-2;1-7-3-5-8(2)6-4-7;1-3-4-5-7-6(2)8;1-3-2;;/h7H,3-6H2,1-2H3;4-7H,3H2,1-2H3;8-9H,3-7H2,1-2H3;3-6H,1-2H3;3-5H2,1-2H3,(H,7,8);3H2,1-2H3;2*1H4. The molecule has 0 aromatic heterocycles. The highest BCUT2D eigenvalue weighted by atomic mass is 16.5. The van der Waals surface area contributed by atoms with E-state index in [1.165, 1.54) is 40.5 Å². The average Bonchev–Trinajstić information content (AvgIpc) is 3.34. The first-order valence-electron chi connectivity index (χ1n) is 19.2. The van der Waals surface area contributed by atoms with Crippen LogP contribution in [0, 0.1) is 26.7 Å². The highest BCUT2D eigenvalue weighted by Gasteiger charge is 2.34. The molecule has 2 aromatic rings. The first kappa shape index (κ1) is 58.3. The van der Waals surface area contributed by atoms with Gasteiger partial charge in [0.15, 0.2) is 0 Å². The second-order valence-corrected chi connectivity index (χ2v) is 12.9. The van der Waals surface area contributed by atoms with Crippen molar-refractivity contribution in [2.24, 2.45) is 5.92 Å². The predicted octanol–water partition coefficient (Wildman–Crippen LogP) is 11.2. The van der Waals surface area contributed by atoms with Gasteiger partial charge in [-0.2, -0.15) is 0 Å². The summed E-state index contributed by atoms with van der Waals surface area (Å²) in [4.78, 5) is 34.1. The minimum atomic E-state index is -0.267. The second-order valence-electron chi connectivity index (χ2n) is 12.9. The number of imide groups is 1. The first-order chi connectivity index (χ1) is 23.8. The van der Waals surface area contributed by atoms with Crippen molar-refractivity contribution in [3.05, 3.63) is 70.8 Å². The van der Waals surface area contributed by atoms with Gasteiger partial charge in [0.05, 0.1) is 12.7 Å². The van der Waals surface area contributed by atoms with Gasteiger partial charge < -0.3 is 15.2 Å². The molecule has 0 saturated carbocycles. The van der Waals surface area contributed by atoms with E-state index in [2.05, 4.69) is 116 Å². The predicted molar refractivity (Wildman–Crippen MR) is 227 cm³/mol. The van der Waals surface area contributed by atoms with Gasteiger partial charge in [-0.1, -0.05) is 161 Å². The monoisotopic (exact) mass is 733 g/mol. The number of rotatable bonds is 13. The molecule has 3 amide bonds. The van der Waals surface area contributed by atoms with Gasteiger partial charge in [0, 0.05) is 39.0 Å². The molecule has 0 aliphatic carbocycles. The summed E-state index contributed by atoms with van der Waals surface area (Å²) < 4.78 is 5.18. The van der Waals surface area contributed by atoms with Crippen molar-refractivity contribution in [3.63, 3.8) is 0 Å². The Kier molecular flexibility index (Phi) is 45.7. The molecule has 1 aliphatic heterocycles. The van der Waals surface area contributed by atoms with E-state index in [-0.39, 0.29) is 44.6 Å². The molecule has 2 aromatic carbocycles. The van der Waals surface area contributed by atoms with Crippen molar-refractivity contribution in [2.45, 2.75) is 168 Å². The molecule has 0 radical (unpaired) electrons. The fraction of sp³-hybridized carbons (Fsp3) is 0.667. The third kappa shape index (κ3) is 36.8. The van der Waals surface area contributed by atoms with Crippen LogP contribution in [0.4, 0.5) is 0 Å². The summed E-state index contributed by atoms with van der Waals surface area (Å²) in [6.45, 7) is 27.0. The van der Waals surface area contributed by atoms with Gasteiger partial charge in [0.1, 0.15) is 0 Å². The number of carbonyl (C=O) groups excluding carboxylic acids is 3. The molecule has 304 valence electrons. The lowest BCUT2D eigenvalue weighted by atomic mass is 10.1. The zero-order valence-corrected chi connectivity index (χ0v) is 34.2. The maximum Gasteiger partial charge on any atom is 0.232 e. The molecule has 1 fully saturated rings. The van der Waals surface area contributed by atoms with E-state index in [1.54, 1.807) is 0 Å². The Balaban J connectivity index is -0.000000173. The number of benzene rings is 2. The molecule has 0 bridgehead atoms. The topological polar surface area (TPSA) is 95.9 Å². The largest absolute Gasteiger partial charge is 0.391 e.